The van der Waals surface area contributed by atoms with Gasteiger partial charge >= 0.3 is 0 Å². The van der Waals surface area contributed by atoms with E-state index in [4.69, 9.17) is 9.47 Å². The zero-order valence-electron chi connectivity index (χ0n) is 9.83. The summed E-state index contributed by atoms with van der Waals surface area (Å²) in [7, 11) is -3.44. The van der Waals surface area contributed by atoms with E-state index in [1.54, 1.807) is 0 Å². The molecule has 2 saturated heterocycles. The van der Waals surface area contributed by atoms with Crippen molar-refractivity contribution in [2.24, 2.45) is 0 Å². The molecule has 3 heterocycles. The molecule has 18 heavy (non-hydrogen) atoms. The Morgan fingerprint density at radius 3 is 2.50 bits per heavy atom. The maximum Gasteiger partial charge on any atom is 0.246 e. The minimum Gasteiger partial charge on any atom is -0.347 e. The van der Waals surface area contributed by atoms with Gasteiger partial charge in [-0.2, -0.15) is 9.40 Å². The van der Waals surface area contributed by atoms with Crippen LogP contribution in [0, 0.1) is 0 Å². The van der Waals surface area contributed by atoms with E-state index in [0.717, 1.165) is 0 Å². The molecule has 1 N–H and O–H groups in total. The fourth-order valence-corrected chi connectivity index (χ4v) is 3.73. The van der Waals surface area contributed by atoms with Crippen molar-refractivity contribution in [2.45, 2.75) is 23.5 Å². The predicted molar refractivity (Wildman–Crippen MR) is 61.2 cm³/mol. The first-order valence-corrected chi connectivity index (χ1v) is 7.33. The van der Waals surface area contributed by atoms with E-state index < -0.39 is 15.8 Å². The maximum atomic E-state index is 12.2. The highest BCUT2D eigenvalue weighted by Crippen LogP contribution is 2.33. The van der Waals surface area contributed by atoms with Crippen molar-refractivity contribution in [1.82, 2.24) is 14.5 Å². The van der Waals surface area contributed by atoms with Gasteiger partial charge < -0.3 is 9.47 Å². The Bertz CT molecular complexity index is 497. The molecular formula is C10H15N3O4S. The highest BCUT2D eigenvalue weighted by atomic mass is 32.2. The molecule has 8 heteroatoms. The van der Waals surface area contributed by atoms with Gasteiger partial charge in [0.15, 0.2) is 5.79 Å². The van der Waals surface area contributed by atoms with Gasteiger partial charge in [-0.05, 0) is 0 Å². The molecule has 0 radical (unpaired) electrons. The fraction of sp³-hybridized carbons (Fsp3) is 0.700. The summed E-state index contributed by atoms with van der Waals surface area (Å²) >= 11 is 0. The minimum absolute atomic E-state index is 0.201. The highest BCUT2D eigenvalue weighted by Gasteiger charge is 2.42. The van der Waals surface area contributed by atoms with Crippen LogP contribution in [0.15, 0.2) is 17.3 Å². The quantitative estimate of drug-likeness (QED) is 0.816. The van der Waals surface area contributed by atoms with Crippen molar-refractivity contribution in [3.63, 3.8) is 0 Å². The normalized spacial score (nSPS) is 24.7. The van der Waals surface area contributed by atoms with E-state index >= 15 is 0 Å². The summed E-state index contributed by atoms with van der Waals surface area (Å²) in [4.78, 5) is 0.201. The topological polar surface area (TPSA) is 84.5 Å². The van der Waals surface area contributed by atoms with E-state index in [2.05, 4.69) is 10.2 Å². The van der Waals surface area contributed by atoms with Crippen LogP contribution in [0.2, 0.25) is 0 Å². The maximum absolute atomic E-state index is 12.2. The van der Waals surface area contributed by atoms with Gasteiger partial charge in [0.1, 0.15) is 4.90 Å². The lowest BCUT2D eigenvalue weighted by Crippen LogP contribution is -2.47. The van der Waals surface area contributed by atoms with Crippen molar-refractivity contribution in [3.8, 4) is 0 Å². The molecule has 0 aliphatic carbocycles. The second-order valence-electron chi connectivity index (χ2n) is 4.45. The second-order valence-corrected chi connectivity index (χ2v) is 6.38. The Morgan fingerprint density at radius 1 is 1.28 bits per heavy atom. The average molecular weight is 273 g/mol. The summed E-state index contributed by atoms with van der Waals surface area (Å²) in [6, 6.07) is 0. The molecule has 3 rings (SSSR count). The Morgan fingerprint density at radius 2 is 1.94 bits per heavy atom. The van der Waals surface area contributed by atoms with Crippen LogP contribution in [0.25, 0.3) is 0 Å². The molecule has 0 bridgehead atoms. The van der Waals surface area contributed by atoms with Gasteiger partial charge in [-0.15, -0.1) is 0 Å². The number of hydrogen-bond donors (Lipinski definition) is 1. The zero-order chi connectivity index (χ0) is 12.6. The molecule has 0 aromatic carbocycles. The molecule has 1 spiro atoms. The van der Waals surface area contributed by atoms with Gasteiger partial charge in [0.25, 0.3) is 0 Å². The minimum atomic E-state index is -3.44. The van der Waals surface area contributed by atoms with Crippen LogP contribution < -0.4 is 0 Å². The molecular weight excluding hydrogens is 258 g/mol. The molecule has 0 saturated carbocycles. The molecule has 100 valence electrons. The number of hydrogen-bond acceptors (Lipinski definition) is 5. The third-order valence-electron chi connectivity index (χ3n) is 3.41. The SMILES string of the molecule is O=S(=O)(c1cn[nH]c1)N1CCC2(CC1)OCCO2. The first-order valence-electron chi connectivity index (χ1n) is 5.89. The number of ether oxygens (including phenoxy) is 2. The lowest BCUT2D eigenvalue weighted by atomic mass is 10.1. The number of nitrogens with one attached hydrogen (secondary N) is 1. The van der Waals surface area contributed by atoms with Crippen LogP contribution in [-0.2, 0) is 19.5 Å². The monoisotopic (exact) mass is 273 g/mol. The lowest BCUT2D eigenvalue weighted by molar-refractivity contribution is -0.179. The molecule has 2 aliphatic rings. The average Bonchev–Trinajstić information content (AvgIpc) is 3.01. The van der Waals surface area contributed by atoms with E-state index in [0.29, 0.717) is 39.1 Å². The number of piperidine rings is 1. The van der Waals surface area contributed by atoms with Crippen LogP contribution in [0.3, 0.4) is 0 Å². The number of rotatable bonds is 2. The van der Waals surface area contributed by atoms with Crippen molar-refractivity contribution in [1.29, 1.82) is 0 Å². The summed E-state index contributed by atoms with van der Waals surface area (Å²) < 4.78 is 37.1. The van der Waals surface area contributed by atoms with Gasteiger partial charge in [0.05, 0.1) is 19.4 Å². The first kappa shape index (κ1) is 12.1. The third kappa shape index (κ3) is 1.95. The summed E-state index contributed by atoms with van der Waals surface area (Å²) in [5, 5.41) is 6.19. The predicted octanol–water partition coefficient (Wildman–Crippen LogP) is -0.0627. The Kier molecular flexibility index (Phi) is 2.89. The Balaban J connectivity index is 1.73. The van der Waals surface area contributed by atoms with Gasteiger partial charge in [0.2, 0.25) is 10.0 Å². The molecule has 2 fully saturated rings. The van der Waals surface area contributed by atoms with Crippen molar-refractivity contribution in [3.05, 3.63) is 12.4 Å². The zero-order valence-corrected chi connectivity index (χ0v) is 10.6. The van der Waals surface area contributed by atoms with Gasteiger partial charge in [-0.25, -0.2) is 8.42 Å². The number of aromatic nitrogens is 2. The van der Waals surface area contributed by atoms with Crippen LogP contribution in [-0.4, -0.2) is 55.0 Å². The molecule has 0 amide bonds. The number of sulfonamides is 1. The van der Waals surface area contributed by atoms with E-state index in [1.165, 1.54) is 16.7 Å². The van der Waals surface area contributed by atoms with Crippen molar-refractivity contribution >= 4 is 10.0 Å². The fourth-order valence-electron chi connectivity index (χ4n) is 2.38. The van der Waals surface area contributed by atoms with Gasteiger partial charge in [-0.1, -0.05) is 0 Å². The molecule has 2 aliphatic heterocycles. The largest absolute Gasteiger partial charge is 0.347 e. The number of aromatic amines is 1. The molecule has 1 aromatic rings. The molecule has 0 atom stereocenters. The van der Waals surface area contributed by atoms with Gasteiger partial charge in [0, 0.05) is 32.1 Å². The second kappa shape index (κ2) is 4.30. The van der Waals surface area contributed by atoms with Crippen LogP contribution in [0.4, 0.5) is 0 Å². The molecule has 0 unspecified atom stereocenters. The standard InChI is InChI=1S/C10H15N3O4S/c14-18(15,9-7-11-12-8-9)13-3-1-10(2-4-13)16-5-6-17-10/h7-8H,1-6H2,(H,11,12). The molecule has 1 aromatic heterocycles. The highest BCUT2D eigenvalue weighted by molar-refractivity contribution is 7.89. The Hall–Kier alpha value is -0.960. The van der Waals surface area contributed by atoms with Crippen molar-refractivity contribution in [2.75, 3.05) is 26.3 Å². The summed E-state index contributed by atoms with van der Waals surface area (Å²) in [5.74, 6) is -0.553. The van der Waals surface area contributed by atoms with Crippen molar-refractivity contribution < 1.29 is 17.9 Å². The third-order valence-corrected chi connectivity index (χ3v) is 5.27. The summed E-state index contributed by atoms with van der Waals surface area (Å²) in [5.41, 5.74) is 0. The lowest BCUT2D eigenvalue weighted by Gasteiger charge is -2.36. The number of nitrogens with zero attached hydrogens (tertiary/aromatic N) is 2. The van der Waals surface area contributed by atoms with Crippen LogP contribution in [0.1, 0.15) is 12.8 Å². The smallest absolute Gasteiger partial charge is 0.246 e. The van der Waals surface area contributed by atoms with E-state index in [9.17, 15) is 8.42 Å². The van der Waals surface area contributed by atoms with E-state index in [1.807, 2.05) is 0 Å². The van der Waals surface area contributed by atoms with Gasteiger partial charge in [-0.3, -0.25) is 5.10 Å². The molecule has 7 nitrogen and oxygen atoms in total. The first-order chi connectivity index (χ1) is 8.62. The van der Waals surface area contributed by atoms with E-state index in [-0.39, 0.29) is 4.90 Å². The Labute approximate surface area is 105 Å². The summed E-state index contributed by atoms with van der Waals surface area (Å²) in [6.45, 7) is 2.00. The number of H-pyrrole nitrogens is 1. The summed E-state index contributed by atoms with van der Waals surface area (Å²) in [6.07, 6.45) is 3.86. The van der Waals surface area contributed by atoms with Crippen LogP contribution in [0.5, 0.6) is 0 Å². The van der Waals surface area contributed by atoms with Crippen LogP contribution >= 0.6 is 0 Å².